The van der Waals surface area contributed by atoms with Crippen molar-refractivity contribution >= 4 is 11.6 Å². The third-order valence-corrected chi connectivity index (χ3v) is 3.03. The topological polar surface area (TPSA) is 55.1 Å². The number of anilines is 1. The maximum Gasteiger partial charge on any atom is 0.227 e. The molecule has 1 saturated carbocycles. The van der Waals surface area contributed by atoms with E-state index in [1.807, 2.05) is 0 Å². The average molecular weight is 240 g/mol. The maximum atomic E-state index is 13.3. The molecule has 17 heavy (non-hydrogen) atoms. The molecule has 1 aromatic rings. The Morgan fingerprint density at radius 1 is 1.35 bits per heavy atom. The second-order valence-electron chi connectivity index (χ2n) is 4.38. The molecule has 0 aromatic heterocycles. The zero-order valence-corrected chi connectivity index (χ0v) is 9.25. The summed E-state index contributed by atoms with van der Waals surface area (Å²) < 4.78 is 26.2. The predicted molar refractivity (Wildman–Crippen MR) is 60.3 cm³/mol. The Morgan fingerprint density at radius 2 is 2.12 bits per heavy atom. The highest BCUT2D eigenvalue weighted by molar-refractivity contribution is 5.92. The standard InChI is InChI=1S/C12H14F2N2O/c13-8-2-4-10(14)11(6-8)16-12(17)7-1-3-9(15)5-7/h2,4,6-7,9H,1,3,5,15H2,(H,16,17). The van der Waals surface area contributed by atoms with Crippen LogP contribution in [0.5, 0.6) is 0 Å². The molecular formula is C12H14F2N2O. The first-order valence-corrected chi connectivity index (χ1v) is 5.58. The number of nitrogens with one attached hydrogen (secondary N) is 1. The Kier molecular flexibility index (Phi) is 3.38. The first-order chi connectivity index (χ1) is 8.06. The van der Waals surface area contributed by atoms with E-state index in [0.29, 0.717) is 12.8 Å². The fourth-order valence-electron chi connectivity index (χ4n) is 2.08. The van der Waals surface area contributed by atoms with Crippen molar-refractivity contribution in [2.45, 2.75) is 25.3 Å². The molecule has 0 saturated heterocycles. The number of nitrogens with two attached hydrogens (primary N) is 1. The molecule has 1 aromatic carbocycles. The summed E-state index contributed by atoms with van der Waals surface area (Å²) in [7, 11) is 0. The van der Waals surface area contributed by atoms with Crippen LogP contribution in [-0.4, -0.2) is 11.9 Å². The summed E-state index contributed by atoms with van der Waals surface area (Å²) in [4.78, 5) is 11.8. The van der Waals surface area contributed by atoms with E-state index in [2.05, 4.69) is 5.32 Å². The highest BCUT2D eigenvalue weighted by atomic mass is 19.1. The summed E-state index contributed by atoms with van der Waals surface area (Å²) in [5.74, 6) is -1.71. The molecule has 2 rings (SSSR count). The minimum absolute atomic E-state index is 0.0307. The Morgan fingerprint density at radius 3 is 2.76 bits per heavy atom. The maximum absolute atomic E-state index is 13.3. The minimum atomic E-state index is -0.637. The molecule has 1 aliphatic carbocycles. The van der Waals surface area contributed by atoms with Gasteiger partial charge in [-0.2, -0.15) is 0 Å². The summed E-state index contributed by atoms with van der Waals surface area (Å²) in [6.07, 6.45) is 2.09. The van der Waals surface area contributed by atoms with Crippen LogP contribution in [0.2, 0.25) is 0 Å². The van der Waals surface area contributed by atoms with Crippen LogP contribution in [0, 0.1) is 17.6 Å². The lowest BCUT2D eigenvalue weighted by Gasteiger charge is -2.11. The van der Waals surface area contributed by atoms with Gasteiger partial charge in [-0.25, -0.2) is 8.78 Å². The normalized spacial score (nSPS) is 23.7. The molecule has 1 fully saturated rings. The quantitative estimate of drug-likeness (QED) is 0.831. The van der Waals surface area contributed by atoms with Gasteiger partial charge in [-0.3, -0.25) is 4.79 Å². The number of carbonyl (C=O) groups is 1. The zero-order valence-electron chi connectivity index (χ0n) is 9.25. The molecule has 0 spiro atoms. The summed E-state index contributed by atoms with van der Waals surface area (Å²) in [6.45, 7) is 0. The van der Waals surface area contributed by atoms with Gasteiger partial charge in [-0.1, -0.05) is 0 Å². The van der Waals surface area contributed by atoms with E-state index >= 15 is 0 Å². The zero-order chi connectivity index (χ0) is 12.4. The van der Waals surface area contributed by atoms with Crippen LogP contribution in [0.1, 0.15) is 19.3 Å². The van der Waals surface area contributed by atoms with Crippen molar-refractivity contribution in [1.29, 1.82) is 0 Å². The highest BCUT2D eigenvalue weighted by Gasteiger charge is 2.28. The third-order valence-electron chi connectivity index (χ3n) is 3.03. The van der Waals surface area contributed by atoms with Gasteiger partial charge in [0.15, 0.2) is 0 Å². The molecule has 3 nitrogen and oxygen atoms in total. The van der Waals surface area contributed by atoms with Crippen LogP contribution in [0.3, 0.4) is 0 Å². The largest absolute Gasteiger partial charge is 0.328 e. The molecule has 1 amide bonds. The van der Waals surface area contributed by atoms with Gasteiger partial charge in [0.05, 0.1) is 5.69 Å². The summed E-state index contributed by atoms with van der Waals surface area (Å²) in [5, 5.41) is 2.40. The van der Waals surface area contributed by atoms with Crippen molar-refractivity contribution in [3.8, 4) is 0 Å². The molecule has 92 valence electrons. The summed E-state index contributed by atoms with van der Waals surface area (Å²) in [5.41, 5.74) is 5.58. The first kappa shape index (κ1) is 12.0. The van der Waals surface area contributed by atoms with Gasteiger partial charge >= 0.3 is 0 Å². The van der Waals surface area contributed by atoms with Crippen LogP contribution in [0.4, 0.5) is 14.5 Å². The van der Waals surface area contributed by atoms with Crippen LogP contribution in [0.25, 0.3) is 0 Å². The van der Waals surface area contributed by atoms with Crippen molar-refractivity contribution in [3.05, 3.63) is 29.8 Å². The number of benzene rings is 1. The van der Waals surface area contributed by atoms with E-state index in [4.69, 9.17) is 5.73 Å². The van der Waals surface area contributed by atoms with E-state index < -0.39 is 11.6 Å². The van der Waals surface area contributed by atoms with Gasteiger partial charge in [0.2, 0.25) is 5.91 Å². The summed E-state index contributed by atoms with van der Waals surface area (Å²) >= 11 is 0. The average Bonchev–Trinajstić information content (AvgIpc) is 2.70. The lowest BCUT2D eigenvalue weighted by Crippen LogP contribution is -2.23. The fourth-order valence-corrected chi connectivity index (χ4v) is 2.08. The molecular weight excluding hydrogens is 226 g/mol. The van der Waals surface area contributed by atoms with Crippen molar-refractivity contribution in [2.75, 3.05) is 5.32 Å². The Hall–Kier alpha value is -1.49. The second-order valence-corrected chi connectivity index (χ2v) is 4.38. The van der Waals surface area contributed by atoms with Gasteiger partial charge in [0.25, 0.3) is 0 Å². The SMILES string of the molecule is NC1CCC(C(=O)Nc2cc(F)ccc2F)C1. The number of rotatable bonds is 2. The fraction of sp³-hybridized carbons (Fsp3) is 0.417. The van der Waals surface area contributed by atoms with E-state index in [1.54, 1.807) is 0 Å². The Labute approximate surface area is 98.0 Å². The minimum Gasteiger partial charge on any atom is -0.328 e. The molecule has 0 bridgehead atoms. The molecule has 1 aliphatic rings. The predicted octanol–water partition coefficient (Wildman–Crippen LogP) is 2.03. The van der Waals surface area contributed by atoms with Gasteiger partial charge in [-0.05, 0) is 31.4 Å². The Bertz CT molecular complexity index is 437. The molecule has 0 heterocycles. The first-order valence-electron chi connectivity index (χ1n) is 5.58. The van der Waals surface area contributed by atoms with Crippen LogP contribution >= 0.6 is 0 Å². The van der Waals surface area contributed by atoms with Gasteiger partial charge in [0, 0.05) is 18.0 Å². The van der Waals surface area contributed by atoms with Crippen molar-refractivity contribution in [2.24, 2.45) is 11.7 Å². The molecule has 2 unspecified atom stereocenters. The van der Waals surface area contributed by atoms with E-state index in [1.165, 1.54) is 0 Å². The van der Waals surface area contributed by atoms with Crippen LogP contribution in [-0.2, 0) is 4.79 Å². The lowest BCUT2D eigenvalue weighted by atomic mass is 10.1. The van der Waals surface area contributed by atoms with E-state index in [9.17, 15) is 13.6 Å². The molecule has 3 N–H and O–H groups in total. The van der Waals surface area contributed by atoms with Crippen molar-refractivity contribution in [1.82, 2.24) is 0 Å². The van der Waals surface area contributed by atoms with Gasteiger partial charge in [0.1, 0.15) is 11.6 Å². The summed E-state index contributed by atoms with van der Waals surface area (Å²) in [6, 6.07) is 3.01. The lowest BCUT2D eigenvalue weighted by molar-refractivity contribution is -0.119. The highest BCUT2D eigenvalue weighted by Crippen LogP contribution is 2.26. The molecule has 0 aliphatic heterocycles. The smallest absolute Gasteiger partial charge is 0.227 e. The number of hydrogen-bond donors (Lipinski definition) is 2. The molecule has 2 atom stereocenters. The number of halogens is 2. The van der Waals surface area contributed by atoms with E-state index in [0.717, 1.165) is 24.6 Å². The van der Waals surface area contributed by atoms with Crippen molar-refractivity contribution in [3.63, 3.8) is 0 Å². The van der Waals surface area contributed by atoms with E-state index in [-0.39, 0.29) is 23.6 Å². The number of carbonyl (C=O) groups excluding carboxylic acids is 1. The van der Waals surface area contributed by atoms with Crippen LogP contribution < -0.4 is 11.1 Å². The number of amides is 1. The third kappa shape index (κ3) is 2.79. The molecule has 5 heteroatoms. The monoisotopic (exact) mass is 240 g/mol. The van der Waals surface area contributed by atoms with Gasteiger partial charge in [-0.15, -0.1) is 0 Å². The van der Waals surface area contributed by atoms with Crippen molar-refractivity contribution < 1.29 is 13.6 Å². The van der Waals surface area contributed by atoms with Gasteiger partial charge < -0.3 is 11.1 Å². The Balaban J connectivity index is 2.05. The molecule has 0 radical (unpaired) electrons. The number of hydrogen-bond acceptors (Lipinski definition) is 2. The van der Waals surface area contributed by atoms with Crippen LogP contribution in [0.15, 0.2) is 18.2 Å². The second kappa shape index (κ2) is 4.79.